The molecule has 0 heterocycles. The first-order valence-electron chi connectivity index (χ1n) is 6.57. The third-order valence-electron chi connectivity index (χ3n) is 3.07. The quantitative estimate of drug-likeness (QED) is 0.881. The van der Waals surface area contributed by atoms with Gasteiger partial charge in [0.2, 0.25) is 5.91 Å². The Labute approximate surface area is 134 Å². The van der Waals surface area contributed by atoms with Gasteiger partial charge in [0.05, 0.1) is 10.0 Å². The standard InChI is InChI=1S/C16H16Cl2N2O/c1-20(13-5-3-2-4-6-13)10-9-16(21)19-12-7-8-14(17)15(18)11-12/h2-8,11H,9-10H2,1H3,(H,19,21). The molecule has 5 heteroatoms. The highest BCUT2D eigenvalue weighted by molar-refractivity contribution is 6.42. The number of rotatable bonds is 5. The summed E-state index contributed by atoms with van der Waals surface area (Å²) >= 11 is 11.7. The maximum absolute atomic E-state index is 11.9. The lowest BCUT2D eigenvalue weighted by atomic mass is 10.2. The van der Waals surface area contributed by atoms with Crippen LogP contribution in [0.4, 0.5) is 11.4 Å². The van der Waals surface area contributed by atoms with Gasteiger partial charge in [0.1, 0.15) is 0 Å². The molecule has 0 aromatic heterocycles. The molecule has 1 amide bonds. The SMILES string of the molecule is CN(CCC(=O)Nc1ccc(Cl)c(Cl)c1)c1ccccc1. The topological polar surface area (TPSA) is 32.3 Å². The Hall–Kier alpha value is -1.71. The van der Waals surface area contributed by atoms with Crippen LogP contribution in [-0.2, 0) is 4.79 Å². The van der Waals surface area contributed by atoms with Gasteiger partial charge in [0, 0.05) is 31.4 Å². The number of carbonyl (C=O) groups is 1. The molecule has 2 aromatic rings. The van der Waals surface area contributed by atoms with Crippen molar-refractivity contribution in [3.8, 4) is 0 Å². The molecule has 2 aromatic carbocycles. The second kappa shape index (κ2) is 7.34. The maximum Gasteiger partial charge on any atom is 0.226 e. The summed E-state index contributed by atoms with van der Waals surface area (Å²) in [4.78, 5) is 14.0. The monoisotopic (exact) mass is 322 g/mol. The first-order chi connectivity index (χ1) is 10.1. The van der Waals surface area contributed by atoms with Gasteiger partial charge in [-0.05, 0) is 30.3 Å². The van der Waals surface area contributed by atoms with E-state index in [1.165, 1.54) is 0 Å². The van der Waals surface area contributed by atoms with Crippen LogP contribution in [0.25, 0.3) is 0 Å². The van der Waals surface area contributed by atoms with E-state index in [4.69, 9.17) is 23.2 Å². The van der Waals surface area contributed by atoms with E-state index in [2.05, 4.69) is 5.32 Å². The van der Waals surface area contributed by atoms with Crippen LogP contribution in [0.2, 0.25) is 10.0 Å². The number of carbonyl (C=O) groups excluding carboxylic acids is 1. The highest BCUT2D eigenvalue weighted by Crippen LogP contribution is 2.25. The summed E-state index contributed by atoms with van der Waals surface area (Å²) in [7, 11) is 1.96. The highest BCUT2D eigenvalue weighted by Gasteiger charge is 2.07. The lowest BCUT2D eigenvalue weighted by molar-refractivity contribution is -0.116. The van der Waals surface area contributed by atoms with Crippen molar-refractivity contribution in [1.29, 1.82) is 0 Å². The van der Waals surface area contributed by atoms with Crippen molar-refractivity contribution < 1.29 is 4.79 Å². The van der Waals surface area contributed by atoms with E-state index >= 15 is 0 Å². The number of para-hydroxylation sites is 1. The van der Waals surface area contributed by atoms with Crippen molar-refractivity contribution in [3.05, 3.63) is 58.6 Å². The van der Waals surface area contributed by atoms with Crippen molar-refractivity contribution >= 4 is 40.5 Å². The second-order valence-corrected chi connectivity index (χ2v) is 5.50. The first kappa shape index (κ1) is 15.7. The Balaban J connectivity index is 1.86. The van der Waals surface area contributed by atoms with Crippen LogP contribution in [0.5, 0.6) is 0 Å². The van der Waals surface area contributed by atoms with Crippen LogP contribution in [0.15, 0.2) is 48.5 Å². The molecule has 0 bridgehead atoms. The molecule has 0 atom stereocenters. The average Bonchev–Trinajstić information content (AvgIpc) is 2.49. The fourth-order valence-electron chi connectivity index (χ4n) is 1.88. The molecule has 21 heavy (non-hydrogen) atoms. The molecule has 110 valence electrons. The van der Waals surface area contributed by atoms with Crippen LogP contribution >= 0.6 is 23.2 Å². The Kier molecular flexibility index (Phi) is 5.48. The number of nitrogens with zero attached hydrogens (tertiary/aromatic N) is 1. The maximum atomic E-state index is 11.9. The third-order valence-corrected chi connectivity index (χ3v) is 3.81. The summed E-state index contributed by atoms with van der Waals surface area (Å²) in [6.45, 7) is 0.636. The first-order valence-corrected chi connectivity index (χ1v) is 7.33. The fourth-order valence-corrected chi connectivity index (χ4v) is 2.18. The lowest BCUT2D eigenvalue weighted by Crippen LogP contribution is -2.23. The Bertz CT molecular complexity index is 617. The molecule has 0 saturated carbocycles. The molecule has 0 aliphatic heterocycles. The van der Waals surface area contributed by atoms with Gasteiger partial charge in [0.15, 0.2) is 0 Å². The van der Waals surface area contributed by atoms with E-state index in [0.717, 1.165) is 5.69 Å². The normalized spacial score (nSPS) is 10.2. The molecule has 0 spiro atoms. The van der Waals surface area contributed by atoms with Gasteiger partial charge in [0.25, 0.3) is 0 Å². The summed E-state index contributed by atoms with van der Waals surface area (Å²) in [6, 6.07) is 15.0. The van der Waals surface area contributed by atoms with E-state index in [0.29, 0.717) is 28.7 Å². The number of amides is 1. The zero-order valence-corrected chi connectivity index (χ0v) is 13.2. The van der Waals surface area contributed by atoms with E-state index in [9.17, 15) is 4.79 Å². The summed E-state index contributed by atoms with van der Waals surface area (Å²) in [5, 5.41) is 3.71. The molecule has 0 aliphatic carbocycles. The van der Waals surface area contributed by atoms with Crippen molar-refractivity contribution in [2.75, 3.05) is 23.8 Å². The lowest BCUT2D eigenvalue weighted by Gasteiger charge is -2.18. The van der Waals surface area contributed by atoms with Gasteiger partial charge in [-0.1, -0.05) is 41.4 Å². The predicted octanol–water partition coefficient (Wildman–Crippen LogP) is 4.46. The van der Waals surface area contributed by atoms with Crippen molar-refractivity contribution in [1.82, 2.24) is 0 Å². The number of benzene rings is 2. The molecule has 3 nitrogen and oxygen atoms in total. The van der Waals surface area contributed by atoms with E-state index < -0.39 is 0 Å². The molecular weight excluding hydrogens is 307 g/mol. The van der Waals surface area contributed by atoms with Crippen LogP contribution in [-0.4, -0.2) is 19.5 Å². The van der Waals surface area contributed by atoms with Gasteiger partial charge >= 0.3 is 0 Å². The van der Waals surface area contributed by atoms with E-state index in [-0.39, 0.29) is 5.91 Å². The van der Waals surface area contributed by atoms with Crippen molar-refractivity contribution in [2.45, 2.75) is 6.42 Å². The van der Waals surface area contributed by atoms with Crippen LogP contribution in [0.3, 0.4) is 0 Å². The largest absolute Gasteiger partial charge is 0.374 e. The van der Waals surface area contributed by atoms with E-state index in [1.54, 1.807) is 18.2 Å². The number of nitrogens with one attached hydrogen (secondary N) is 1. The van der Waals surface area contributed by atoms with Crippen LogP contribution in [0, 0.1) is 0 Å². The number of hydrogen-bond acceptors (Lipinski definition) is 2. The second-order valence-electron chi connectivity index (χ2n) is 4.68. The highest BCUT2D eigenvalue weighted by atomic mass is 35.5. The number of anilines is 2. The molecular formula is C16H16Cl2N2O. The molecule has 0 saturated heterocycles. The van der Waals surface area contributed by atoms with Crippen molar-refractivity contribution in [2.24, 2.45) is 0 Å². The van der Waals surface area contributed by atoms with Crippen LogP contribution in [0.1, 0.15) is 6.42 Å². The summed E-state index contributed by atoms with van der Waals surface area (Å²) in [5.74, 6) is -0.0591. The van der Waals surface area contributed by atoms with Gasteiger partial charge in [-0.3, -0.25) is 4.79 Å². The van der Waals surface area contributed by atoms with Gasteiger partial charge in [-0.2, -0.15) is 0 Å². The minimum atomic E-state index is -0.0591. The fraction of sp³-hybridized carbons (Fsp3) is 0.188. The summed E-state index contributed by atoms with van der Waals surface area (Å²) < 4.78 is 0. The Morgan fingerprint density at radius 2 is 1.81 bits per heavy atom. The van der Waals surface area contributed by atoms with Crippen molar-refractivity contribution in [3.63, 3.8) is 0 Å². The molecule has 1 N–H and O–H groups in total. The Morgan fingerprint density at radius 1 is 1.10 bits per heavy atom. The summed E-state index contributed by atoms with van der Waals surface area (Å²) in [5.41, 5.74) is 1.73. The zero-order chi connectivity index (χ0) is 15.2. The minimum absolute atomic E-state index is 0.0591. The third kappa shape index (κ3) is 4.66. The minimum Gasteiger partial charge on any atom is -0.374 e. The molecule has 0 aliphatic rings. The molecule has 0 fully saturated rings. The van der Waals surface area contributed by atoms with Gasteiger partial charge in [-0.25, -0.2) is 0 Å². The van der Waals surface area contributed by atoms with E-state index in [1.807, 2.05) is 42.3 Å². The summed E-state index contributed by atoms with van der Waals surface area (Å²) in [6.07, 6.45) is 0.394. The number of halogens is 2. The predicted molar refractivity (Wildman–Crippen MR) is 89.4 cm³/mol. The smallest absolute Gasteiger partial charge is 0.226 e. The molecule has 2 rings (SSSR count). The van der Waals surface area contributed by atoms with Gasteiger partial charge in [-0.15, -0.1) is 0 Å². The molecule has 0 radical (unpaired) electrons. The Morgan fingerprint density at radius 3 is 2.48 bits per heavy atom. The zero-order valence-electron chi connectivity index (χ0n) is 11.6. The molecule has 0 unspecified atom stereocenters. The average molecular weight is 323 g/mol. The van der Waals surface area contributed by atoms with Crippen LogP contribution < -0.4 is 10.2 Å². The number of hydrogen-bond donors (Lipinski definition) is 1. The van der Waals surface area contributed by atoms with Gasteiger partial charge < -0.3 is 10.2 Å².